The van der Waals surface area contributed by atoms with Gasteiger partial charge < -0.3 is 10.1 Å². The first-order valence-electron chi connectivity index (χ1n) is 9.81. The zero-order valence-electron chi connectivity index (χ0n) is 17.9. The third-order valence-corrected chi connectivity index (χ3v) is 5.11. The van der Waals surface area contributed by atoms with E-state index in [-0.39, 0.29) is 16.9 Å². The highest BCUT2D eigenvalue weighted by Gasteiger charge is 2.33. The van der Waals surface area contributed by atoms with Crippen LogP contribution in [-0.2, 0) is 11.0 Å². The van der Waals surface area contributed by atoms with Crippen LogP contribution in [0, 0.1) is 28.4 Å². The van der Waals surface area contributed by atoms with Crippen LogP contribution in [0.3, 0.4) is 0 Å². The van der Waals surface area contributed by atoms with Gasteiger partial charge in [0.05, 0.1) is 10.5 Å². The van der Waals surface area contributed by atoms with E-state index in [2.05, 4.69) is 21.2 Å². The molecular formula is C24H15BrF3N3O4. The summed E-state index contributed by atoms with van der Waals surface area (Å²) >= 11 is 3.26. The van der Waals surface area contributed by atoms with Gasteiger partial charge in [-0.3, -0.25) is 14.9 Å². The lowest BCUT2D eigenvalue weighted by Gasteiger charge is -2.12. The van der Waals surface area contributed by atoms with Gasteiger partial charge in [-0.2, -0.15) is 18.4 Å². The Morgan fingerprint density at radius 2 is 1.86 bits per heavy atom. The Bertz CT molecular complexity index is 1380. The van der Waals surface area contributed by atoms with Crippen molar-refractivity contribution in [2.24, 2.45) is 0 Å². The molecule has 178 valence electrons. The molecule has 0 aromatic heterocycles. The summed E-state index contributed by atoms with van der Waals surface area (Å²) in [5.41, 5.74) is -0.836. The van der Waals surface area contributed by atoms with Crippen molar-refractivity contribution in [1.29, 1.82) is 5.26 Å². The summed E-state index contributed by atoms with van der Waals surface area (Å²) in [5.74, 6) is -1.17. The third kappa shape index (κ3) is 6.45. The number of hydrogen-bond acceptors (Lipinski definition) is 5. The van der Waals surface area contributed by atoms with Crippen LogP contribution >= 0.6 is 15.9 Å². The zero-order chi connectivity index (χ0) is 25.8. The van der Waals surface area contributed by atoms with Crippen molar-refractivity contribution in [3.8, 4) is 17.6 Å². The summed E-state index contributed by atoms with van der Waals surface area (Å²) in [6.07, 6.45) is -3.57. The molecule has 0 aliphatic rings. The van der Waals surface area contributed by atoms with Crippen LogP contribution in [0.1, 0.15) is 16.7 Å². The number of aryl methyl sites for hydroxylation is 1. The Balaban J connectivity index is 1.99. The van der Waals surface area contributed by atoms with Crippen molar-refractivity contribution in [2.75, 3.05) is 5.32 Å². The Morgan fingerprint density at radius 1 is 1.14 bits per heavy atom. The SMILES string of the molecule is Cc1cccc(NC(=O)/C(C#N)=C/c2cc(Br)ccc2Oc2ccc(C(F)(F)F)cc2[N+](=O)[O-])c1. The van der Waals surface area contributed by atoms with E-state index in [1.807, 2.05) is 13.0 Å². The molecule has 1 amide bonds. The van der Waals surface area contributed by atoms with Gasteiger partial charge in [-0.05, 0) is 61.0 Å². The molecule has 0 bridgehead atoms. The molecular weight excluding hydrogens is 531 g/mol. The topological polar surface area (TPSA) is 105 Å². The average molecular weight is 546 g/mol. The predicted octanol–water partition coefficient (Wildman–Crippen LogP) is 7.02. The van der Waals surface area contributed by atoms with Crippen LogP contribution < -0.4 is 10.1 Å². The van der Waals surface area contributed by atoms with Crippen molar-refractivity contribution >= 4 is 39.3 Å². The molecule has 35 heavy (non-hydrogen) atoms. The molecule has 0 saturated carbocycles. The number of nitrogens with zero attached hydrogens (tertiary/aromatic N) is 2. The fourth-order valence-electron chi connectivity index (χ4n) is 2.99. The lowest BCUT2D eigenvalue weighted by atomic mass is 10.1. The lowest BCUT2D eigenvalue weighted by molar-refractivity contribution is -0.385. The standard InChI is InChI=1S/C24H15BrF3N3O4/c1-14-3-2-4-19(9-14)30-23(32)16(13-29)10-15-11-18(25)6-8-21(15)35-22-7-5-17(24(26,27)28)12-20(22)31(33)34/h2-12H,1H3,(H,30,32)/b16-10+. The molecule has 7 nitrogen and oxygen atoms in total. The number of rotatable bonds is 6. The molecule has 11 heteroatoms. The first-order valence-corrected chi connectivity index (χ1v) is 10.6. The smallest absolute Gasteiger partial charge is 0.416 e. The van der Waals surface area contributed by atoms with Gasteiger partial charge in [0.25, 0.3) is 5.91 Å². The molecule has 1 N–H and O–H groups in total. The van der Waals surface area contributed by atoms with Gasteiger partial charge >= 0.3 is 11.9 Å². The maximum absolute atomic E-state index is 13.0. The summed E-state index contributed by atoms with van der Waals surface area (Å²) in [5, 5.41) is 23.5. The number of anilines is 1. The molecule has 0 fully saturated rings. The summed E-state index contributed by atoms with van der Waals surface area (Å²) in [6, 6.07) is 15.0. The number of benzene rings is 3. The highest BCUT2D eigenvalue weighted by molar-refractivity contribution is 9.10. The van der Waals surface area contributed by atoms with Crippen LogP contribution in [0.25, 0.3) is 6.08 Å². The number of halogens is 4. The monoisotopic (exact) mass is 545 g/mol. The number of alkyl halides is 3. The lowest BCUT2D eigenvalue weighted by Crippen LogP contribution is -2.13. The molecule has 3 aromatic carbocycles. The van der Waals surface area contributed by atoms with E-state index in [1.54, 1.807) is 24.3 Å². The molecule has 0 aliphatic carbocycles. The number of nitro groups is 1. The molecule has 3 aromatic rings. The number of carbonyl (C=O) groups is 1. The number of nitrogens with one attached hydrogen (secondary N) is 1. The second-order valence-electron chi connectivity index (χ2n) is 7.22. The summed E-state index contributed by atoms with van der Waals surface area (Å²) in [7, 11) is 0. The minimum Gasteiger partial charge on any atom is -0.449 e. The molecule has 0 heterocycles. The number of nitro benzene ring substituents is 1. The summed E-state index contributed by atoms with van der Waals surface area (Å²) in [4.78, 5) is 23.0. The van der Waals surface area contributed by atoms with E-state index < -0.39 is 34.0 Å². The second-order valence-corrected chi connectivity index (χ2v) is 8.13. The van der Waals surface area contributed by atoms with Crippen molar-refractivity contribution in [1.82, 2.24) is 0 Å². The molecule has 0 radical (unpaired) electrons. The maximum Gasteiger partial charge on any atom is 0.416 e. The minimum absolute atomic E-state index is 0.0211. The van der Waals surface area contributed by atoms with Crippen molar-refractivity contribution < 1.29 is 27.6 Å². The highest BCUT2D eigenvalue weighted by Crippen LogP contribution is 2.39. The number of nitriles is 1. The van der Waals surface area contributed by atoms with Crippen LogP contribution in [0.4, 0.5) is 24.5 Å². The minimum atomic E-state index is -4.78. The summed E-state index contributed by atoms with van der Waals surface area (Å²) in [6.45, 7) is 1.84. The first kappa shape index (κ1) is 25.5. The number of carbonyl (C=O) groups excluding carboxylic acids is 1. The molecule has 3 rings (SSSR count). The van der Waals surface area contributed by atoms with E-state index in [4.69, 9.17) is 4.74 Å². The van der Waals surface area contributed by atoms with Crippen LogP contribution in [0.2, 0.25) is 0 Å². The van der Waals surface area contributed by atoms with Crippen molar-refractivity contribution in [3.63, 3.8) is 0 Å². The Morgan fingerprint density at radius 3 is 2.49 bits per heavy atom. The number of hydrogen-bond donors (Lipinski definition) is 1. The fraction of sp³-hybridized carbons (Fsp3) is 0.0833. The van der Waals surface area contributed by atoms with Gasteiger partial charge in [-0.25, -0.2) is 0 Å². The molecule has 0 aliphatic heterocycles. The van der Waals surface area contributed by atoms with E-state index in [1.165, 1.54) is 24.3 Å². The Kier molecular flexibility index (Phi) is 7.56. The van der Waals surface area contributed by atoms with E-state index in [0.717, 1.165) is 11.6 Å². The second kappa shape index (κ2) is 10.4. The Labute approximate surface area is 205 Å². The quantitative estimate of drug-likeness (QED) is 0.155. The van der Waals surface area contributed by atoms with Gasteiger partial charge in [-0.15, -0.1) is 0 Å². The highest BCUT2D eigenvalue weighted by atomic mass is 79.9. The zero-order valence-corrected chi connectivity index (χ0v) is 19.5. The molecule has 0 unspecified atom stereocenters. The van der Waals surface area contributed by atoms with Gasteiger partial charge in [0.15, 0.2) is 0 Å². The average Bonchev–Trinajstić information content (AvgIpc) is 2.78. The van der Waals surface area contributed by atoms with Crippen LogP contribution in [0.5, 0.6) is 11.5 Å². The predicted molar refractivity (Wildman–Crippen MR) is 126 cm³/mol. The van der Waals surface area contributed by atoms with Crippen LogP contribution in [-0.4, -0.2) is 10.8 Å². The number of ether oxygens (including phenoxy) is 1. The first-order chi connectivity index (χ1) is 16.5. The molecule has 0 atom stereocenters. The molecule has 0 saturated heterocycles. The van der Waals surface area contributed by atoms with E-state index in [9.17, 15) is 33.3 Å². The largest absolute Gasteiger partial charge is 0.449 e. The van der Waals surface area contributed by atoms with Crippen molar-refractivity contribution in [2.45, 2.75) is 13.1 Å². The molecule has 0 spiro atoms. The van der Waals surface area contributed by atoms with E-state index in [0.29, 0.717) is 22.3 Å². The van der Waals surface area contributed by atoms with Crippen LogP contribution in [0.15, 0.2) is 70.7 Å². The fourth-order valence-corrected chi connectivity index (χ4v) is 3.37. The maximum atomic E-state index is 13.0. The third-order valence-electron chi connectivity index (χ3n) is 4.62. The van der Waals surface area contributed by atoms with E-state index >= 15 is 0 Å². The van der Waals surface area contributed by atoms with Gasteiger partial charge in [0.1, 0.15) is 17.4 Å². The van der Waals surface area contributed by atoms with Gasteiger partial charge in [0, 0.05) is 21.8 Å². The Hall–Kier alpha value is -4.17. The van der Waals surface area contributed by atoms with Gasteiger partial charge in [0.2, 0.25) is 5.75 Å². The summed E-state index contributed by atoms with van der Waals surface area (Å²) < 4.78 is 45.1. The number of amides is 1. The normalized spacial score (nSPS) is 11.5. The van der Waals surface area contributed by atoms with Gasteiger partial charge in [-0.1, -0.05) is 28.1 Å². The van der Waals surface area contributed by atoms with Crippen molar-refractivity contribution in [3.05, 3.63) is 97.5 Å².